The van der Waals surface area contributed by atoms with Gasteiger partial charge in [-0.25, -0.2) is 0 Å². The summed E-state index contributed by atoms with van der Waals surface area (Å²) in [6.07, 6.45) is 1.30. The zero-order valence-electron chi connectivity index (χ0n) is 8.53. The molecule has 1 aromatic rings. The van der Waals surface area contributed by atoms with E-state index in [9.17, 15) is 0 Å². The van der Waals surface area contributed by atoms with E-state index >= 15 is 0 Å². The predicted molar refractivity (Wildman–Crippen MR) is 58.7 cm³/mol. The molecule has 0 aliphatic carbocycles. The molecule has 1 N–H and O–H groups in total. The molecule has 0 radical (unpaired) electrons. The van der Waals surface area contributed by atoms with Crippen molar-refractivity contribution >= 4 is 5.69 Å². The standard InChI is InChI=1S/C12H16N2/c1-9-4-2-3-5-10(9)14-11-6-7-13-8-12(11)14/h2-5,11-13H,6-8H2,1H3. The highest BCUT2D eigenvalue weighted by molar-refractivity contribution is 5.61. The molecule has 0 aromatic heterocycles. The van der Waals surface area contributed by atoms with Crippen molar-refractivity contribution in [3.63, 3.8) is 0 Å². The molecule has 2 aliphatic heterocycles. The van der Waals surface area contributed by atoms with Crippen LogP contribution in [0.3, 0.4) is 0 Å². The highest BCUT2D eigenvalue weighted by Crippen LogP contribution is 2.39. The lowest BCUT2D eigenvalue weighted by Crippen LogP contribution is -2.28. The Kier molecular flexibility index (Phi) is 1.77. The van der Waals surface area contributed by atoms with Gasteiger partial charge < -0.3 is 10.2 Å². The van der Waals surface area contributed by atoms with Gasteiger partial charge in [-0.3, -0.25) is 0 Å². The first-order chi connectivity index (χ1) is 6.88. The number of hydrogen-bond donors (Lipinski definition) is 1. The number of nitrogens with zero attached hydrogens (tertiary/aromatic N) is 1. The second kappa shape index (κ2) is 2.99. The molecular weight excluding hydrogens is 172 g/mol. The van der Waals surface area contributed by atoms with Crippen molar-refractivity contribution in [3.05, 3.63) is 29.8 Å². The van der Waals surface area contributed by atoms with Crippen LogP contribution in [0.5, 0.6) is 0 Å². The number of rotatable bonds is 1. The fraction of sp³-hybridized carbons (Fsp3) is 0.500. The van der Waals surface area contributed by atoms with Crippen LogP contribution < -0.4 is 10.2 Å². The SMILES string of the molecule is Cc1ccccc1N1C2CCNCC21. The van der Waals surface area contributed by atoms with E-state index in [1.165, 1.54) is 30.8 Å². The lowest BCUT2D eigenvalue weighted by molar-refractivity contribution is 0.584. The molecule has 2 saturated heterocycles. The van der Waals surface area contributed by atoms with E-state index in [1.54, 1.807) is 0 Å². The van der Waals surface area contributed by atoms with Crippen molar-refractivity contribution in [1.82, 2.24) is 5.32 Å². The van der Waals surface area contributed by atoms with Crippen molar-refractivity contribution in [3.8, 4) is 0 Å². The Morgan fingerprint density at radius 1 is 1.29 bits per heavy atom. The minimum absolute atomic E-state index is 0.768. The number of anilines is 1. The van der Waals surface area contributed by atoms with Crippen molar-refractivity contribution in [2.24, 2.45) is 0 Å². The molecule has 0 bridgehead atoms. The number of nitrogens with one attached hydrogen (secondary N) is 1. The summed E-state index contributed by atoms with van der Waals surface area (Å²) in [6.45, 7) is 4.55. The van der Waals surface area contributed by atoms with E-state index in [0.717, 1.165) is 12.1 Å². The predicted octanol–water partition coefficient (Wildman–Crippen LogP) is 1.55. The topological polar surface area (TPSA) is 15.0 Å². The molecule has 2 aliphatic rings. The van der Waals surface area contributed by atoms with Gasteiger partial charge in [-0.1, -0.05) is 18.2 Å². The molecule has 0 amide bonds. The summed E-state index contributed by atoms with van der Waals surface area (Å²) in [6, 6.07) is 10.3. The third kappa shape index (κ3) is 1.14. The minimum atomic E-state index is 0.768. The molecule has 2 heterocycles. The lowest BCUT2D eigenvalue weighted by Gasteiger charge is -2.08. The third-order valence-electron chi connectivity index (χ3n) is 3.43. The molecular formula is C12H16N2. The van der Waals surface area contributed by atoms with Gasteiger partial charge in [0.25, 0.3) is 0 Å². The smallest absolute Gasteiger partial charge is 0.0622 e. The summed E-state index contributed by atoms with van der Waals surface area (Å²) in [5, 5.41) is 3.45. The van der Waals surface area contributed by atoms with E-state index in [2.05, 4.69) is 41.4 Å². The number of hydrogen-bond acceptors (Lipinski definition) is 2. The van der Waals surface area contributed by atoms with Gasteiger partial charge in [0, 0.05) is 12.2 Å². The highest BCUT2D eigenvalue weighted by atomic mass is 15.4. The Balaban J connectivity index is 1.87. The molecule has 1 aromatic carbocycles. The Morgan fingerprint density at radius 2 is 2.14 bits per heavy atom. The Labute approximate surface area is 84.9 Å². The van der Waals surface area contributed by atoms with Crippen molar-refractivity contribution in [1.29, 1.82) is 0 Å². The summed E-state index contributed by atoms with van der Waals surface area (Å²) in [5.74, 6) is 0. The normalized spacial score (nSPS) is 29.9. The number of fused-ring (bicyclic) bond motifs is 1. The maximum atomic E-state index is 3.45. The maximum Gasteiger partial charge on any atom is 0.0622 e. The Morgan fingerprint density at radius 3 is 2.86 bits per heavy atom. The van der Waals surface area contributed by atoms with Gasteiger partial charge >= 0.3 is 0 Å². The molecule has 2 heteroatoms. The summed E-state index contributed by atoms with van der Waals surface area (Å²) in [7, 11) is 0. The average Bonchev–Trinajstić information content (AvgIpc) is 2.93. The molecule has 0 saturated carbocycles. The van der Waals surface area contributed by atoms with Gasteiger partial charge in [-0.15, -0.1) is 0 Å². The number of piperidine rings is 1. The minimum Gasteiger partial charge on any atom is -0.360 e. The number of para-hydroxylation sites is 1. The van der Waals surface area contributed by atoms with Crippen molar-refractivity contribution in [2.45, 2.75) is 25.4 Å². The second-order valence-electron chi connectivity index (χ2n) is 4.32. The van der Waals surface area contributed by atoms with Gasteiger partial charge in [0.1, 0.15) is 0 Å². The fourth-order valence-corrected chi connectivity index (χ4v) is 2.61. The molecule has 0 spiro atoms. The van der Waals surface area contributed by atoms with Crippen molar-refractivity contribution < 1.29 is 0 Å². The van der Waals surface area contributed by atoms with Crippen molar-refractivity contribution in [2.75, 3.05) is 18.0 Å². The van der Waals surface area contributed by atoms with E-state index in [-0.39, 0.29) is 0 Å². The number of benzene rings is 1. The Bertz CT molecular complexity index is 336. The zero-order valence-corrected chi connectivity index (χ0v) is 8.53. The van der Waals surface area contributed by atoms with E-state index in [4.69, 9.17) is 0 Å². The van der Waals surface area contributed by atoms with Gasteiger partial charge in [0.15, 0.2) is 0 Å². The summed E-state index contributed by atoms with van der Waals surface area (Å²) in [4.78, 5) is 2.56. The second-order valence-corrected chi connectivity index (χ2v) is 4.32. The molecule has 2 nitrogen and oxygen atoms in total. The third-order valence-corrected chi connectivity index (χ3v) is 3.43. The first-order valence-electron chi connectivity index (χ1n) is 5.42. The zero-order chi connectivity index (χ0) is 9.54. The molecule has 2 atom stereocenters. The van der Waals surface area contributed by atoms with Crippen LogP contribution in [0.4, 0.5) is 5.69 Å². The summed E-state index contributed by atoms with van der Waals surface area (Å²) < 4.78 is 0. The van der Waals surface area contributed by atoms with Crippen LogP contribution in [0, 0.1) is 6.92 Å². The van der Waals surface area contributed by atoms with Crippen LogP contribution in [0.1, 0.15) is 12.0 Å². The number of aryl methyl sites for hydroxylation is 1. The largest absolute Gasteiger partial charge is 0.360 e. The van der Waals surface area contributed by atoms with Crippen LogP contribution in [-0.4, -0.2) is 25.2 Å². The van der Waals surface area contributed by atoms with Crippen LogP contribution in [-0.2, 0) is 0 Å². The van der Waals surface area contributed by atoms with Gasteiger partial charge in [0.05, 0.1) is 12.1 Å². The van der Waals surface area contributed by atoms with E-state index in [1.807, 2.05) is 0 Å². The first kappa shape index (κ1) is 8.30. The summed E-state index contributed by atoms with van der Waals surface area (Å²) in [5.41, 5.74) is 2.84. The molecule has 3 rings (SSSR count). The average molecular weight is 188 g/mol. The molecule has 14 heavy (non-hydrogen) atoms. The van der Waals surface area contributed by atoms with Gasteiger partial charge in [-0.05, 0) is 31.5 Å². The molecule has 2 fully saturated rings. The lowest BCUT2D eigenvalue weighted by atomic mass is 10.2. The van der Waals surface area contributed by atoms with Crippen LogP contribution >= 0.6 is 0 Å². The van der Waals surface area contributed by atoms with E-state index < -0.39 is 0 Å². The van der Waals surface area contributed by atoms with Crippen LogP contribution in [0.15, 0.2) is 24.3 Å². The Hall–Kier alpha value is -1.02. The molecule has 74 valence electrons. The molecule has 2 unspecified atom stereocenters. The summed E-state index contributed by atoms with van der Waals surface area (Å²) >= 11 is 0. The highest BCUT2D eigenvalue weighted by Gasteiger charge is 2.48. The first-order valence-corrected chi connectivity index (χ1v) is 5.42. The monoisotopic (exact) mass is 188 g/mol. The van der Waals surface area contributed by atoms with Gasteiger partial charge in [-0.2, -0.15) is 0 Å². The van der Waals surface area contributed by atoms with Gasteiger partial charge in [0.2, 0.25) is 0 Å². The van der Waals surface area contributed by atoms with Crippen LogP contribution in [0.25, 0.3) is 0 Å². The fourth-order valence-electron chi connectivity index (χ4n) is 2.61. The quantitative estimate of drug-likeness (QED) is 0.672. The maximum absolute atomic E-state index is 3.45. The van der Waals surface area contributed by atoms with E-state index in [0.29, 0.717) is 0 Å². The van der Waals surface area contributed by atoms with Crippen LogP contribution in [0.2, 0.25) is 0 Å².